The Morgan fingerprint density at radius 2 is 1.10 bits per heavy atom. The predicted molar refractivity (Wildman–Crippen MR) is 51.5 cm³/mol. The van der Waals surface area contributed by atoms with E-state index >= 15 is 0 Å². The van der Waals surface area contributed by atoms with Gasteiger partial charge in [0.15, 0.2) is 0 Å². The lowest BCUT2D eigenvalue weighted by molar-refractivity contribution is -0.144. The maximum atomic E-state index is 12.6. The Balaban J connectivity index is 3.71. The van der Waals surface area contributed by atoms with Gasteiger partial charge in [-0.05, 0) is 12.1 Å². The van der Waals surface area contributed by atoms with Crippen LogP contribution in [0.2, 0.25) is 0 Å². The third-order valence-corrected chi connectivity index (χ3v) is 2.32. The molecular formula is C11H5F9. The molecular weight excluding hydrogens is 303 g/mol. The maximum absolute atomic E-state index is 12.6. The van der Waals surface area contributed by atoms with E-state index in [0.717, 1.165) is 0 Å². The first kappa shape index (κ1) is 16.4. The molecule has 0 saturated carbocycles. The van der Waals surface area contributed by atoms with E-state index in [4.69, 9.17) is 0 Å². The summed E-state index contributed by atoms with van der Waals surface area (Å²) in [7, 11) is 0. The molecule has 0 atom stereocenters. The highest BCUT2D eigenvalue weighted by atomic mass is 19.4. The Bertz CT molecular complexity index is 484. The van der Waals surface area contributed by atoms with Crippen LogP contribution >= 0.6 is 0 Å². The Labute approximate surface area is 106 Å². The van der Waals surface area contributed by atoms with Crippen molar-refractivity contribution >= 4 is 5.57 Å². The van der Waals surface area contributed by atoms with Gasteiger partial charge >= 0.3 is 18.5 Å². The van der Waals surface area contributed by atoms with Crippen LogP contribution in [-0.2, 0) is 12.4 Å². The van der Waals surface area contributed by atoms with Crippen LogP contribution in [0.5, 0.6) is 0 Å². The largest absolute Gasteiger partial charge is 0.417 e. The van der Waals surface area contributed by atoms with E-state index < -0.39 is 40.8 Å². The average molecular weight is 308 g/mol. The molecule has 0 aliphatic heterocycles. The van der Waals surface area contributed by atoms with Crippen molar-refractivity contribution in [3.63, 3.8) is 0 Å². The normalized spacial score (nSPS) is 13.4. The van der Waals surface area contributed by atoms with E-state index in [1.807, 2.05) is 0 Å². The number of alkyl halides is 9. The van der Waals surface area contributed by atoms with E-state index in [1.165, 1.54) is 0 Å². The second kappa shape index (κ2) is 4.71. The molecule has 0 N–H and O–H groups in total. The summed E-state index contributed by atoms with van der Waals surface area (Å²) in [4.78, 5) is 0. The molecule has 1 rings (SSSR count). The van der Waals surface area contributed by atoms with Crippen molar-refractivity contribution in [1.82, 2.24) is 0 Å². The number of allylic oxidation sites excluding steroid dienone is 1. The second-order valence-corrected chi connectivity index (χ2v) is 3.70. The lowest BCUT2D eigenvalue weighted by Gasteiger charge is -2.21. The molecule has 0 heterocycles. The first-order chi connectivity index (χ1) is 8.76. The van der Waals surface area contributed by atoms with Crippen molar-refractivity contribution in [2.45, 2.75) is 18.5 Å². The summed E-state index contributed by atoms with van der Waals surface area (Å²) < 4.78 is 113. The Morgan fingerprint density at radius 3 is 1.35 bits per heavy atom. The van der Waals surface area contributed by atoms with Crippen LogP contribution in [0.1, 0.15) is 16.7 Å². The lowest BCUT2D eigenvalue weighted by Crippen LogP contribution is -2.20. The van der Waals surface area contributed by atoms with Gasteiger partial charge in [0.2, 0.25) is 0 Å². The summed E-state index contributed by atoms with van der Waals surface area (Å²) in [5.41, 5.74) is -8.26. The van der Waals surface area contributed by atoms with E-state index in [-0.39, 0.29) is 12.1 Å². The van der Waals surface area contributed by atoms with Crippen LogP contribution in [0.3, 0.4) is 0 Å². The third-order valence-electron chi connectivity index (χ3n) is 2.32. The third kappa shape index (κ3) is 3.26. The fourth-order valence-corrected chi connectivity index (χ4v) is 1.49. The summed E-state index contributed by atoms with van der Waals surface area (Å²) >= 11 is 0. The van der Waals surface area contributed by atoms with Gasteiger partial charge in [0, 0.05) is 5.56 Å². The molecule has 0 nitrogen and oxygen atoms in total. The molecule has 0 aliphatic rings. The van der Waals surface area contributed by atoms with Gasteiger partial charge in [0.1, 0.15) is 0 Å². The Hall–Kier alpha value is -1.67. The van der Waals surface area contributed by atoms with Crippen LogP contribution in [0.15, 0.2) is 24.8 Å². The van der Waals surface area contributed by atoms with E-state index in [9.17, 15) is 39.5 Å². The quantitative estimate of drug-likeness (QED) is 0.618. The zero-order valence-electron chi connectivity index (χ0n) is 9.34. The minimum absolute atomic E-state index is 0.140. The Morgan fingerprint density at radius 1 is 0.750 bits per heavy atom. The molecule has 0 radical (unpaired) electrons. The van der Waals surface area contributed by atoms with E-state index in [0.29, 0.717) is 6.07 Å². The van der Waals surface area contributed by atoms with Crippen LogP contribution < -0.4 is 0 Å². The van der Waals surface area contributed by atoms with Crippen molar-refractivity contribution in [3.8, 4) is 0 Å². The van der Waals surface area contributed by atoms with Gasteiger partial charge in [0.05, 0.1) is 16.7 Å². The lowest BCUT2D eigenvalue weighted by atomic mass is 9.94. The van der Waals surface area contributed by atoms with Crippen LogP contribution in [0.25, 0.3) is 5.57 Å². The monoisotopic (exact) mass is 308 g/mol. The first-order valence-electron chi connectivity index (χ1n) is 4.80. The molecule has 0 unspecified atom stereocenters. The van der Waals surface area contributed by atoms with Crippen LogP contribution in [0, 0.1) is 0 Å². The fraction of sp³-hybridized carbons (Fsp3) is 0.273. The van der Waals surface area contributed by atoms with E-state index in [1.54, 1.807) is 0 Å². The average Bonchev–Trinajstić information content (AvgIpc) is 2.23. The Kier molecular flexibility index (Phi) is 3.86. The molecule has 0 aliphatic carbocycles. The van der Waals surface area contributed by atoms with Crippen molar-refractivity contribution in [2.24, 2.45) is 0 Å². The number of halogens is 9. The van der Waals surface area contributed by atoms with Gasteiger partial charge in [0.25, 0.3) is 0 Å². The van der Waals surface area contributed by atoms with Crippen molar-refractivity contribution in [1.29, 1.82) is 0 Å². The van der Waals surface area contributed by atoms with Gasteiger partial charge in [-0.15, -0.1) is 0 Å². The standard InChI is InChI=1S/C11H5F9/c1-5(9(12,13)14)8-6(10(15,16)17)3-2-4-7(8)11(18,19)20/h2-4H,1H2. The smallest absolute Gasteiger partial charge is 0.166 e. The van der Waals surface area contributed by atoms with E-state index in [2.05, 4.69) is 6.58 Å². The number of benzene rings is 1. The number of hydrogen-bond donors (Lipinski definition) is 0. The molecule has 20 heavy (non-hydrogen) atoms. The van der Waals surface area contributed by atoms with Crippen molar-refractivity contribution < 1.29 is 39.5 Å². The highest BCUT2D eigenvalue weighted by molar-refractivity contribution is 5.73. The molecule has 1 aromatic rings. The number of hydrogen-bond acceptors (Lipinski definition) is 0. The van der Waals surface area contributed by atoms with Crippen LogP contribution in [-0.4, -0.2) is 6.18 Å². The molecule has 1 aromatic carbocycles. The van der Waals surface area contributed by atoms with Gasteiger partial charge in [-0.2, -0.15) is 39.5 Å². The van der Waals surface area contributed by atoms with Crippen LogP contribution in [0.4, 0.5) is 39.5 Å². The molecule has 0 saturated heterocycles. The summed E-state index contributed by atoms with van der Waals surface area (Å²) in [6.45, 7) is 2.32. The van der Waals surface area contributed by atoms with Crippen molar-refractivity contribution in [2.75, 3.05) is 0 Å². The molecule has 9 heteroatoms. The summed E-state index contributed by atoms with van der Waals surface area (Å²) in [5.74, 6) is 0. The summed E-state index contributed by atoms with van der Waals surface area (Å²) in [6.07, 6.45) is -16.2. The zero-order valence-corrected chi connectivity index (χ0v) is 9.34. The second-order valence-electron chi connectivity index (χ2n) is 3.70. The molecule has 0 amide bonds. The molecule has 112 valence electrons. The van der Waals surface area contributed by atoms with Gasteiger partial charge in [-0.25, -0.2) is 0 Å². The molecule has 0 spiro atoms. The highest BCUT2D eigenvalue weighted by Gasteiger charge is 2.46. The van der Waals surface area contributed by atoms with Gasteiger partial charge in [-0.1, -0.05) is 12.6 Å². The molecule has 0 aromatic heterocycles. The summed E-state index contributed by atoms with van der Waals surface area (Å²) in [5, 5.41) is 0. The van der Waals surface area contributed by atoms with Gasteiger partial charge < -0.3 is 0 Å². The first-order valence-corrected chi connectivity index (χ1v) is 4.80. The SMILES string of the molecule is C=C(c1c(C(F)(F)F)cccc1C(F)(F)F)C(F)(F)F. The highest BCUT2D eigenvalue weighted by Crippen LogP contribution is 2.45. The minimum atomic E-state index is -5.42. The molecule has 0 bridgehead atoms. The number of rotatable bonds is 1. The summed E-state index contributed by atoms with van der Waals surface area (Å²) in [6, 6.07) is 0.668. The predicted octanol–water partition coefficient (Wildman–Crippen LogP) is 5.30. The molecule has 0 fully saturated rings. The fourth-order valence-electron chi connectivity index (χ4n) is 1.49. The maximum Gasteiger partial charge on any atom is 0.417 e. The topological polar surface area (TPSA) is 0 Å². The minimum Gasteiger partial charge on any atom is -0.166 e. The van der Waals surface area contributed by atoms with Crippen molar-refractivity contribution in [3.05, 3.63) is 41.5 Å². The zero-order chi connectivity index (χ0) is 15.9. The van der Waals surface area contributed by atoms with Gasteiger partial charge in [-0.3, -0.25) is 0 Å².